The lowest BCUT2D eigenvalue weighted by molar-refractivity contribution is 0.0479. The Balaban J connectivity index is 1.86. The van der Waals surface area contributed by atoms with E-state index < -0.39 is 36.3 Å². The van der Waals surface area contributed by atoms with Crippen LogP contribution in [0.25, 0.3) is 0 Å². The fourth-order valence-electron chi connectivity index (χ4n) is 3.65. The van der Waals surface area contributed by atoms with Crippen LogP contribution >= 0.6 is 0 Å². The van der Waals surface area contributed by atoms with Gasteiger partial charge in [-0.2, -0.15) is 8.78 Å². The molecule has 0 radical (unpaired) electrons. The third-order valence-electron chi connectivity index (χ3n) is 5.09. The highest BCUT2D eigenvalue weighted by Crippen LogP contribution is 2.36. The number of alkyl halides is 2. The zero-order valence-corrected chi connectivity index (χ0v) is 15.4. The van der Waals surface area contributed by atoms with Crippen LogP contribution in [-0.2, 0) is 0 Å². The summed E-state index contributed by atoms with van der Waals surface area (Å²) in [6, 6.07) is 2.38. The fourth-order valence-corrected chi connectivity index (χ4v) is 3.65. The van der Waals surface area contributed by atoms with E-state index in [4.69, 9.17) is 9.47 Å². The molecule has 0 aromatic heterocycles. The number of hydrogen-bond acceptors (Lipinski definition) is 2. The summed E-state index contributed by atoms with van der Waals surface area (Å²) in [5, 5.41) is 0. The lowest BCUT2D eigenvalue weighted by atomic mass is 9.77. The van der Waals surface area contributed by atoms with Crippen LogP contribution in [0.2, 0.25) is 0 Å². The van der Waals surface area contributed by atoms with Gasteiger partial charge >= 0.3 is 0 Å². The molecule has 0 bridgehead atoms. The van der Waals surface area contributed by atoms with E-state index in [1.165, 1.54) is 12.1 Å². The van der Waals surface area contributed by atoms with Crippen molar-refractivity contribution in [2.75, 3.05) is 13.2 Å². The highest BCUT2D eigenvalue weighted by atomic mass is 19.2. The van der Waals surface area contributed by atoms with Crippen LogP contribution in [0.5, 0.6) is 11.5 Å². The molecule has 6 heteroatoms. The number of benzene rings is 1. The molecule has 1 aliphatic carbocycles. The van der Waals surface area contributed by atoms with Crippen molar-refractivity contribution in [2.45, 2.75) is 64.7 Å². The highest BCUT2D eigenvalue weighted by Gasteiger charge is 2.33. The molecule has 0 aliphatic heterocycles. The molecule has 26 heavy (non-hydrogen) atoms. The first kappa shape index (κ1) is 20.8. The summed E-state index contributed by atoms with van der Waals surface area (Å²) in [4.78, 5) is 0. The van der Waals surface area contributed by atoms with Crippen LogP contribution in [0.3, 0.4) is 0 Å². The van der Waals surface area contributed by atoms with Gasteiger partial charge in [0.15, 0.2) is 17.7 Å². The molecule has 2 unspecified atom stereocenters. The summed E-state index contributed by atoms with van der Waals surface area (Å²) < 4.78 is 66.2. The molecular weight excluding hydrogens is 348 g/mol. The molecule has 0 amide bonds. The summed E-state index contributed by atoms with van der Waals surface area (Å²) in [6.45, 7) is 3.32. The maximum atomic E-state index is 14.4. The van der Waals surface area contributed by atoms with Crippen LogP contribution in [0.4, 0.5) is 17.6 Å². The second kappa shape index (κ2) is 10.0. The van der Waals surface area contributed by atoms with E-state index in [1.54, 1.807) is 6.92 Å². The predicted molar refractivity (Wildman–Crippen MR) is 93.2 cm³/mol. The van der Waals surface area contributed by atoms with Crippen molar-refractivity contribution in [1.82, 2.24) is 0 Å². The summed E-state index contributed by atoms with van der Waals surface area (Å²) in [5.41, 5.74) is 0. The Hall–Kier alpha value is -1.46. The summed E-state index contributed by atoms with van der Waals surface area (Å²) >= 11 is 0. The van der Waals surface area contributed by atoms with E-state index in [1.807, 2.05) is 0 Å². The molecule has 1 saturated carbocycles. The molecule has 1 aliphatic rings. The number of ether oxygens (including phenoxy) is 2. The molecule has 0 saturated heterocycles. The Bertz CT molecular complexity index is 559. The van der Waals surface area contributed by atoms with Gasteiger partial charge in [-0.15, -0.1) is 0 Å². The minimum absolute atomic E-state index is 0.188. The standard InChI is InChI=1S/C20H28F4O2/c1-3-5-13-6-8-14(9-7-13)18(22)15(21)12-26-17-11-10-16(25-4-2)19(23)20(17)24/h10-11,13-15,18H,3-9,12H2,1-2H3. The van der Waals surface area contributed by atoms with Gasteiger partial charge in [0.1, 0.15) is 12.8 Å². The van der Waals surface area contributed by atoms with E-state index in [0.29, 0.717) is 18.8 Å². The van der Waals surface area contributed by atoms with Crippen LogP contribution < -0.4 is 9.47 Å². The molecule has 1 fully saturated rings. The minimum Gasteiger partial charge on any atom is -0.491 e. The van der Waals surface area contributed by atoms with Crippen LogP contribution in [0.1, 0.15) is 52.4 Å². The Morgan fingerprint density at radius 2 is 1.54 bits per heavy atom. The number of rotatable bonds is 9. The molecule has 2 rings (SSSR count). The van der Waals surface area contributed by atoms with Crippen molar-refractivity contribution in [2.24, 2.45) is 11.8 Å². The zero-order chi connectivity index (χ0) is 19.1. The summed E-state index contributed by atoms with van der Waals surface area (Å²) in [6.07, 6.45) is 1.91. The average molecular weight is 376 g/mol. The van der Waals surface area contributed by atoms with Gasteiger partial charge in [-0.25, -0.2) is 8.78 Å². The molecule has 0 N–H and O–H groups in total. The predicted octanol–water partition coefficient (Wildman–Crippen LogP) is 6.03. The van der Waals surface area contributed by atoms with Crippen LogP contribution in [-0.4, -0.2) is 25.6 Å². The molecular formula is C20H28F4O2. The first-order valence-corrected chi connectivity index (χ1v) is 9.49. The summed E-state index contributed by atoms with van der Waals surface area (Å²) in [7, 11) is 0. The Labute approximate surface area is 152 Å². The lowest BCUT2D eigenvalue weighted by Crippen LogP contribution is -2.33. The molecule has 1 aromatic carbocycles. The van der Waals surface area contributed by atoms with Crippen LogP contribution in [0, 0.1) is 23.5 Å². The van der Waals surface area contributed by atoms with Crippen molar-refractivity contribution < 1.29 is 27.0 Å². The van der Waals surface area contributed by atoms with Gasteiger partial charge in [0.2, 0.25) is 11.6 Å². The van der Waals surface area contributed by atoms with E-state index >= 15 is 0 Å². The lowest BCUT2D eigenvalue weighted by Gasteiger charge is -2.31. The van der Waals surface area contributed by atoms with Crippen molar-refractivity contribution >= 4 is 0 Å². The van der Waals surface area contributed by atoms with Crippen molar-refractivity contribution in [3.63, 3.8) is 0 Å². The third kappa shape index (κ3) is 5.27. The van der Waals surface area contributed by atoms with Gasteiger partial charge in [-0.3, -0.25) is 0 Å². The average Bonchev–Trinajstić information content (AvgIpc) is 2.65. The first-order chi connectivity index (χ1) is 12.5. The normalized spacial score (nSPS) is 22.7. The van der Waals surface area contributed by atoms with E-state index in [9.17, 15) is 17.6 Å². The van der Waals surface area contributed by atoms with Gasteiger partial charge in [0.05, 0.1) is 6.61 Å². The van der Waals surface area contributed by atoms with Gasteiger partial charge in [-0.05, 0) is 43.7 Å². The smallest absolute Gasteiger partial charge is 0.204 e. The Morgan fingerprint density at radius 1 is 0.962 bits per heavy atom. The molecule has 2 nitrogen and oxygen atoms in total. The van der Waals surface area contributed by atoms with Crippen molar-refractivity contribution in [3.05, 3.63) is 23.8 Å². The van der Waals surface area contributed by atoms with Gasteiger partial charge in [0, 0.05) is 0 Å². The van der Waals surface area contributed by atoms with Gasteiger partial charge in [-0.1, -0.05) is 32.6 Å². The van der Waals surface area contributed by atoms with Crippen LogP contribution in [0.15, 0.2) is 12.1 Å². The number of halogens is 4. The first-order valence-electron chi connectivity index (χ1n) is 9.49. The molecule has 0 heterocycles. The Kier molecular flexibility index (Phi) is 8.04. The molecule has 148 valence electrons. The second-order valence-electron chi connectivity index (χ2n) is 6.96. The molecule has 1 aromatic rings. The quantitative estimate of drug-likeness (QED) is 0.490. The maximum absolute atomic E-state index is 14.4. The summed E-state index contributed by atoms with van der Waals surface area (Å²) in [5.74, 6) is -2.83. The third-order valence-corrected chi connectivity index (χ3v) is 5.09. The maximum Gasteiger partial charge on any atom is 0.204 e. The van der Waals surface area contributed by atoms with Crippen molar-refractivity contribution in [3.8, 4) is 11.5 Å². The van der Waals surface area contributed by atoms with E-state index in [0.717, 1.165) is 25.7 Å². The van der Waals surface area contributed by atoms with E-state index in [-0.39, 0.29) is 18.3 Å². The molecule has 2 atom stereocenters. The topological polar surface area (TPSA) is 18.5 Å². The molecule has 0 spiro atoms. The zero-order valence-electron chi connectivity index (χ0n) is 15.4. The van der Waals surface area contributed by atoms with Gasteiger partial charge in [0.25, 0.3) is 0 Å². The number of hydrogen-bond donors (Lipinski definition) is 0. The SMILES string of the molecule is CCCC1CCC(C(F)C(F)COc2ccc(OCC)c(F)c2F)CC1. The fraction of sp³-hybridized carbons (Fsp3) is 0.700. The minimum atomic E-state index is -1.86. The van der Waals surface area contributed by atoms with Crippen molar-refractivity contribution in [1.29, 1.82) is 0 Å². The second-order valence-corrected chi connectivity index (χ2v) is 6.96. The monoisotopic (exact) mass is 376 g/mol. The highest BCUT2D eigenvalue weighted by molar-refractivity contribution is 5.35. The Morgan fingerprint density at radius 3 is 2.08 bits per heavy atom. The largest absolute Gasteiger partial charge is 0.491 e. The van der Waals surface area contributed by atoms with Gasteiger partial charge < -0.3 is 9.47 Å². The van der Waals surface area contributed by atoms with E-state index in [2.05, 4.69) is 6.92 Å².